The number of rotatable bonds is 4. The largest absolute Gasteiger partial charge is 0.492 e. The first-order chi connectivity index (χ1) is 6.65. The van der Waals surface area contributed by atoms with Crippen molar-refractivity contribution in [1.29, 1.82) is 0 Å². The van der Waals surface area contributed by atoms with Crippen LogP contribution in [0.1, 0.15) is 10.4 Å². The number of carbonyl (C=O) groups is 1. The van der Waals surface area contributed by atoms with E-state index in [2.05, 4.69) is 12.6 Å². The highest BCUT2D eigenvalue weighted by atomic mass is 32.1. The van der Waals surface area contributed by atoms with Gasteiger partial charge in [0.15, 0.2) is 0 Å². The summed E-state index contributed by atoms with van der Waals surface area (Å²) in [6.45, 7) is 0.243. The molecule has 0 aromatic heterocycles. The van der Waals surface area contributed by atoms with Crippen LogP contribution < -0.4 is 4.74 Å². The monoisotopic (exact) mass is 216 g/mol. The minimum Gasteiger partial charge on any atom is -0.492 e. The molecule has 0 amide bonds. The SMILES string of the molecule is O=C(O)c1ccc(F)cc1OCCS. The van der Waals surface area contributed by atoms with Gasteiger partial charge in [0.25, 0.3) is 0 Å². The number of halogens is 1. The van der Waals surface area contributed by atoms with Crippen molar-refractivity contribution in [3.8, 4) is 5.75 Å². The average molecular weight is 216 g/mol. The Morgan fingerprint density at radius 2 is 2.29 bits per heavy atom. The number of hydrogen-bond donors (Lipinski definition) is 2. The number of benzene rings is 1. The molecule has 0 saturated heterocycles. The van der Waals surface area contributed by atoms with E-state index >= 15 is 0 Å². The molecule has 5 heteroatoms. The van der Waals surface area contributed by atoms with E-state index in [1.165, 1.54) is 6.07 Å². The van der Waals surface area contributed by atoms with Crippen molar-refractivity contribution in [3.05, 3.63) is 29.6 Å². The van der Waals surface area contributed by atoms with Crippen LogP contribution in [0.25, 0.3) is 0 Å². The van der Waals surface area contributed by atoms with E-state index in [9.17, 15) is 9.18 Å². The van der Waals surface area contributed by atoms with Crippen molar-refractivity contribution in [2.75, 3.05) is 12.4 Å². The van der Waals surface area contributed by atoms with E-state index in [1.54, 1.807) is 0 Å². The predicted molar refractivity (Wildman–Crippen MR) is 52.7 cm³/mol. The summed E-state index contributed by atoms with van der Waals surface area (Å²) in [6, 6.07) is 3.30. The highest BCUT2D eigenvalue weighted by molar-refractivity contribution is 7.80. The topological polar surface area (TPSA) is 46.5 Å². The van der Waals surface area contributed by atoms with Gasteiger partial charge in [0, 0.05) is 11.8 Å². The van der Waals surface area contributed by atoms with E-state index in [4.69, 9.17) is 9.84 Å². The van der Waals surface area contributed by atoms with Gasteiger partial charge in [-0.3, -0.25) is 0 Å². The lowest BCUT2D eigenvalue weighted by molar-refractivity contribution is 0.0692. The second-order valence-electron chi connectivity index (χ2n) is 2.52. The molecule has 0 radical (unpaired) electrons. The highest BCUT2D eigenvalue weighted by Crippen LogP contribution is 2.19. The first-order valence-electron chi connectivity index (χ1n) is 3.91. The van der Waals surface area contributed by atoms with Gasteiger partial charge in [0.1, 0.15) is 17.1 Å². The zero-order valence-electron chi connectivity index (χ0n) is 7.24. The molecule has 0 aliphatic rings. The molecule has 0 aliphatic carbocycles. The molecule has 1 rings (SSSR count). The van der Waals surface area contributed by atoms with Gasteiger partial charge < -0.3 is 9.84 Å². The number of thiol groups is 1. The zero-order valence-corrected chi connectivity index (χ0v) is 8.13. The molecular formula is C9H9FO3S. The van der Waals surface area contributed by atoms with Crippen LogP contribution in [0.15, 0.2) is 18.2 Å². The van der Waals surface area contributed by atoms with Gasteiger partial charge in [-0.2, -0.15) is 12.6 Å². The first kappa shape index (κ1) is 10.8. The third kappa shape index (κ3) is 2.63. The number of ether oxygens (including phenoxy) is 1. The summed E-state index contributed by atoms with van der Waals surface area (Å²) in [5, 5.41) is 8.73. The van der Waals surface area contributed by atoms with Crippen molar-refractivity contribution in [1.82, 2.24) is 0 Å². The minimum atomic E-state index is -1.14. The van der Waals surface area contributed by atoms with Crippen molar-refractivity contribution >= 4 is 18.6 Å². The van der Waals surface area contributed by atoms with E-state index in [-0.39, 0.29) is 17.9 Å². The Hall–Kier alpha value is -1.23. The van der Waals surface area contributed by atoms with E-state index in [1.807, 2.05) is 0 Å². The van der Waals surface area contributed by atoms with Crippen LogP contribution in [0.3, 0.4) is 0 Å². The fourth-order valence-electron chi connectivity index (χ4n) is 0.948. The van der Waals surface area contributed by atoms with Crippen LogP contribution in [-0.2, 0) is 0 Å². The molecule has 1 N–H and O–H groups in total. The Bertz CT molecular complexity index is 341. The third-order valence-corrected chi connectivity index (χ3v) is 1.71. The maximum atomic E-state index is 12.7. The van der Waals surface area contributed by atoms with Crippen molar-refractivity contribution < 1.29 is 19.0 Å². The molecule has 0 aliphatic heterocycles. The van der Waals surface area contributed by atoms with Gasteiger partial charge in [0.05, 0.1) is 6.61 Å². The van der Waals surface area contributed by atoms with Crippen LogP contribution in [0.4, 0.5) is 4.39 Å². The fraction of sp³-hybridized carbons (Fsp3) is 0.222. The first-order valence-corrected chi connectivity index (χ1v) is 4.55. The van der Waals surface area contributed by atoms with E-state index < -0.39 is 11.8 Å². The Morgan fingerprint density at radius 1 is 1.57 bits per heavy atom. The minimum absolute atomic E-state index is 0.0338. The summed E-state index contributed by atoms with van der Waals surface area (Å²) in [5.74, 6) is -1.19. The molecule has 1 aromatic rings. The molecule has 0 heterocycles. The van der Waals surface area contributed by atoms with Crippen LogP contribution in [0, 0.1) is 5.82 Å². The van der Waals surface area contributed by atoms with E-state index in [0.29, 0.717) is 5.75 Å². The average Bonchev–Trinajstić information content (AvgIpc) is 2.14. The summed E-state index contributed by atoms with van der Waals surface area (Å²) >= 11 is 3.90. The normalized spacial score (nSPS) is 9.86. The van der Waals surface area contributed by atoms with Gasteiger partial charge in [-0.1, -0.05) is 0 Å². The molecule has 0 fully saturated rings. The molecule has 0 unspecified atom stereocenters. The van der Waals surface area contributed by atoms with Crippen LogP contribution in [0.2, 0.25) is 0 Å². The van der Waals surface area contributed by atoms with Crippen molar-refractivity contribution in [2.24, 2.45) is 0 Å². The van der Waals surface area contributed by atoms with Gasteiger partial charge in [-0.15, -0.1) is 0 Å². The van der Waals surface area contributed by atoms with Crippen molar-refractivity contribution in [2.45, 2.75) is 0 Å². The summed E-state index contributed by atoms with van der Waals surface area (Å²) in [5.41, 5.74) is -0.0480. The Balaban J connectivity index is 2.97. The summed E-state index contributed by atoms with van der Waals surface area (Å²) < 4.78 is 17.8. The number of hydrogen-bond acceptors (Lipinski definition) is 3. The maximum absolute atomic E-state index is 12.7. The van der Waals surface area contributed by atoms with Crippen LogP contribution >= 0.6 is 12.6 Å². The molecule has 0 spiro atoms. The number of carboxylic acids is 1. The quantitative estimate of drug-likeness (QED) is 0.755. The highest BCUT2D eigenvalue weighted by Gasteiger charge is 2.11. The van der Waals surface area contributed by atoms with Gasteiger partial charge in [-0.05, 0) is 12.1 Å². The Labute approximate surface area is 85.9 Å². The zero-order chi connectivity index (χ0) is 10.6. The van der Waals surface area contributed by atoms with Gasteiger partial charge in [0.2, 0.25) is 0 Å². The molecular weight excluding hydrogens is 207 g/mol. The molecule has 14 heavy (non-hydrogen) atoms. The molecule has 76 valence electrons. The standard InChI is InChI=1S/C9H9FO3S/c10-6-1-2-7(9(11)12)8(5-6)13-3-4-14/h1-2,5,14H,3-4H2,(H,11,12). The molecule has 3 nitrogen and oxygen atoms in total. The third-order valence-electron chi connectivity index (χ3n) is 1.52. The van der Waals surface area contributed by atoms with Gasteiger partial charge >= 0.3 is 5.97 Å². The second-order valence-corrected chi connectivity index (χ2v) is 2.96. The van der Waals surface area contributed by atoms with Crippen LogP contribution in [0.5, 0.6) is 5.75 Å². The molecule has 1 aromatic carbocycles. The summed E-state index contributed by atoms with van der Waals surface area (Å²) in [7, 11) is 0. The predicted octanol–water partition coefficient (Wildman–Crippen LogP) is 1.83. The lowest BCUT2D eigenvalue weighted by Crippen LogP contribution is -2.05. The molecule has 0 bridgehead atoms. The van der Waals surface area contributed by atoms with Gasteiger partial charge in [-0.25, -0.2) is 9.18 Å². The summed E-state index contributed by atoms with van der Waals surface area (Å²) in [4.78, 5) is 10.7. The lowest BCUT2D eigenvalue weighted by Gasteiger charge is -2.07. The van der Waals surface area contributed by atoms with E-state index in [0.717, 1.165) is 12.1 Å². The Kier molecular flexibility index (Phi) is 3.76. The van der Waals surface area contributed by atoms with Crippen molar-refractivity contribution in [3.63, 3.8) is 0 Å². The molecule has 0 atom stereocenters. The van der Waals surface area contributed by atoms with Crippen LogP contribution in [-0.4, -0.2) is 23.4 Å². The fourth-order valence-corrected chi connectivity index (χ4v) is 1.04. The molecule has 0 saturated carbocycles. The smallest absolute Gasteiger partial charge is 0.339 e. The Morgan fingerprint density at radius 3 is 2.86 bits per heavy atom. The maximum Gasteiger partial charge on any atom is 0.339 e. The number of aromatic carboxylic acids is 1. The number of carboxylic acid groups (broad SMARTS) is 1. The summed E-state index contributed by atoms with van der Waals surface area (Å²) in [6.07, 6.45) is 0. The second kappa shape index (κ2) is 4.85. The lowest BCUT2D eigenvalue weighted by atomic mass is 10.2.